The van der Waals surface area contributed by atoms with E-state index in [9.17, 15) is 9.18 Å². The molecule has 4 nitrogen and oxygen atoms in total. The third-order valence-electron chi connectivity index (χ3n) is 4.06. The number of rotatable bonds is 7. The molecule has 0 radical (unpaired) electrons. The molecule has 1 aliphatic rings. The van der Waals surface area contributed by atoms with Crippen LogP contribution in [0.15, 0.2) is 54.0 Å². The van der Waals surface area contributed by atoms with Crippen molar-refractivity contribution >= 4 is 62.9 Å². The van der Waals surface area contributed by atoms with Gasteiger partial charge in [-0.05, 0) is 52.4 Å². The second-order valence-electron chi connectivity index (χ2n) is 6.00. The van der Waals surface area contributed by atoms with E-state index in [1.54, 1.807) is 36.4 Å². The Kier molecular flexibility index (Phi) is 7.31. The smallest absolute Gasteiger partial charge is 0.266 e. The lowest BCUT2D eigenvalue weighted by atomic mass is 10.1. The maximum absolute atomic E-state index is 13.8. The Bertz CT molecular complexity index is 1010. The van der Waals surface area contributed by atoms with Gasteiger partial charge in [-0.3, -0.25) is 9.69 Å². The molecule has 0 aliphatic carbocycles. The van der Waals surface area contributed by atoms with Gasteiger partial charge in [0.15, 0.2) is 11.5 Å². The Morgan fingerprint density at radius 3 is 2.79 bits per heavy atom. The van der Waals surface area contributed by atoms with E-state index in [4.69, 9.17) is 21.7 Å². The second kappa shape index (κ2) is 9.73. The zero-order chi connectivity index (χ0) is 21.0. The van der Waals surface area contributed by atoms with Crippen LogP contribution in [0.3, 0.4) is 0 Å². The molecule has 3 rings (SSSR count). The van der Waals surface area contributed by atoms with Crippen LogP contribution < -0.4 is 9.47 Å². The predicted molar refractivity (Wildman–Crippen MR) is 127 cm³/mol. The van der Waals surface area contributed by atoms with E-state index in [1.165, 1.54) is 29.8 Å². The Hall–Kier alpha value is -1.91. The number of hydrogen-bond donors (Lipinski definition) is 0. The molecule has 2 aromatic rings. The van der Waals surface area contributed by atoms with E-state index < -0.39 is 0 Å². The lowest BCUT2D eigenvalue weighted by Crippen LogP contribution is -2.27. The largest absolute Gasteiger partial charge is 0.493 e. The molecular formula is C21H17FINO3S2. The third kappa shape index (κ3) is 4.99. The molecule has 0 N–H and O–H groups in total. The summed E-state index contributed by atoms with van der Waals surface area (Å²) in [6.45, 7) is 4.12. The number of nitrogens with zero attached hydrogens (tertiary/aromatic N) is 1. The van der Waals surface area contributed by atoms with Crippen LogP contribution in [0, 0.1) is 9.39 Å². The molecule has 1 aliphatic heterocycles. The zero-order valence-corrected chi connectivity index (χ0v) is 19.3. The molecule has 2 aromatic carbocycles. The third-order valence-corrected chi connectivity index (χ3v) is 6.24. The highest BCUT2D eigenvalue weighted by atomic mass is 127. The molecule has 0 spiro atoms. The van der Waals surface area contributed by atoms with Crippen molar-refractivity contribution in [3.05, 3.63) is 74.5 Å². The van der Waals surface area contributed by atoms with Crippen molar-refractivity contribution in [1.82, 2.24) is 4.90 Å². The fourth-order valence-electron chi connectivity index (χ4n) is 2.67. The zero-order valence-electron chi connectivity index (χ0n) is 15.5. The van der Waals surface area contributed by atoms with Crippen molar-refractivity contribution in [2.45, 2.75) is 6.61 Å². The van der Waals surface area contributed by atoms with E-state index >= 15 is 0 Å². The first-order chi connectivity index (χ1) is 13.9. The van der Waals surface area contributed by atoms with Crippen LogP contribution in [0.4, 0.5) is 4.39 Å². The summed E-state index contributed by atoms with van der Waals surface area (Å²) in [6.07, 6.45) is 3.41. The first-order valence-electron chi connectivity index (χ1n) is 8.54. The molecule has 8 heteroatoms. The predicted octanol–water partition coefficient (Wildman–Crippen LogP) is 5.41. The normalized spacial score (nSPS) is 15.1. The van der Waals surface area contributed by atoms with Gasteiger partial charge in [0.1, 0.15) is 16.7 Å². The number of carbonyl (C=O) groups is 1. The Morgan fingerprint density at radius 2 is 2.10 bits per heavy atom. The van der Waals surface area contributed by atoms with Gasteiger partial charge in [0.05, 0.1) is 15.6 Å². The lowest BCUT2D eigenvalue weighted by molar-refractivity contribution is -0.121. The van der Waals surface area contributed by atoms with Gasteiger partial charge in [-0.25, -0.2) is 4.39 Å². The van der Waals surface area contributed by atoms with Gasteiger partial charge < -0.3 is 9.47 Å². The van der Waals surface area contributed by atoms with Crippen LogP contribution in [0.5, 0.6) is 11.5 Å². The summed E-state index contributed by atoms with van der Waals surface area (Å²) in [5, 5.41) is 0. The Labute approximate surface area is 191 Å². The summed E-state index contributed by atoms with van der Waals surface area (Å²) < 4.78 is 26.4. The van der Waals surface area contributed by atoms with Crippen LogP contribution in [0.1, 0.15) is 11.1 Å². The van der Waals surface area contributed by atoms with E-state index in [-0.39, 0.29) is 18.3 Å². The van der Waals surface area contributed by atoms with E-state index in [0.29, 0.717) is 32.8 Å². The van der Waals surface area contributed by atoms with E-state index in [0.717, 1.165) is 9.13 Å². The summed E-state index contributed by atoms with van der Waals surface area (Å²) in [5.41, 5.74) is 1.24. The number of ether oxygens (including phenoxy) is 2. The van der Waals surface area contributed by atoms with Crippen LogP contribution >= 0.6 is 46.6 Å². The Morgan fingerprint density at radius 1 is 1.34 bits per heavy atom. The molecule has 1 heterocycles. The van der Waals surface area contributed by atoms with Crippen molar-refractivity contribution in [3.63, 3.8) is 0 Å². The van der Waals surface area contributed by atoms with Crippen molar-refractivity contribution in [2.75, 3.05) is 13.7 Å². The van der Waals surface area contributed by atoms with Gasteiger partial charge in [-0.15, -0.1) is 6.58 Å². The van der Waals surface area contributed by atoms with Crippen LogP contribution in [-0.2, 0) is 11.4 Å². The molecular weight excluding hydrogens is 524 g/mol. The highest BCUT2D eigenvalue weighted by Crippen LogP contribution is 2.37. The minimum atomic E-state index is -0.320. The number of methoxy groups -OCH3 is 1. The molecule has 0 unspecified atom stereocenters. The summed E-state index contributed by atoms with van der Waals surface area (Å²) in [5.74, 6) is 0.558. The second-order valence-corrected chi connectivity index (χ2v) is 8.83. The highest BCUT2D eigenvalue weighted by molar-refractivity contribution is 14.1. The first kappa shape index (κ1) is 21.8. The maximum atomic E-state index is 13.8. The van der Waals surface area contributed by atoms with Gasteiger partial charge in [-0.2, -0.15) is 0 Å². The van der Waals surface area contributed by atoms with Crippen LogP contribution in [-0.4, -0.2) is 28.8 Å². The molecule has 1 fully saturated rings. The SMILES string of the molecule is C=CCN1C(=O)/C(=C/c2cc(I)c(OCc3ccccc3F)c(OC)c2)SC1=S. The number of thioether (sulfide) groups is 1. The maximum Gasteiger partial charge on any atom is 0.266 e. The summed E-state index contributed by atoms with van der Waals surface area (Å²) in [7, 11) is 1.54. The van der Waals surface area contributed by atoms with Crippen molar-refractivity contribution in [3.8, 4) is 11.5 Å². The summed E-state index contributed by atoms with van der Waals surface area (Å²) in [6, 6.07) is 10.1. The van der Waals surface area contributed by atoms with Crippen molar-refractivity contribution in [1.29, 1.82) is 0 Å². The van der Waals surface area contributed by atoms with Gasteiger partial charge in [0.2, 0.25) is 0 Å². The number of benzene rings is 2. The molecule has 0 atom stereocenters. The molecule has 0 aromatic heterocycles. The number of hydrogen-bond acceptors (Lipinski definition) is 5. The van der Waals surface area contributed by atoms with Gasteiger partial charge in [-0.1, -0.05) is 48.3 Å². The summed E-state index contributed by atoms with van der Waals surface area (Å²) >= 11 is 8.65. The number of halogens is 2. The molecule has 0 bridgehead atoms. The van der Waals surface area contributed by atoms with Gasteiger partial charge >= 0.3 is 0 Å². The fourth-order valence-corrected chi connectivity index (χ4v) is 4.72. The monoisotopic (exact) mass is 541 g/mol. The molecule has 150 valence electrons. The van der Waals surface area contributed by atoms with E-state index in [1.807, 2.05) is 6.07 Å². The van der Waals surface area contributed by atoms with Crippen molar-refractivity contribution in [2.24, 2.45) is 0 Å². The molecule has 0 saturated carbocycles. The lowest BCUT2D eigenvalue weighted by Gasteiger charge is -2.14. The number of amides is 1. The molecule has 1 amide bonds. The minimum absolute atomic E-state index is 0.0819. The average molecular weight is 541 g/mol. The fraction of sp³-hybridized carbons (Fsp3) is 0.143. The summed E-state index contributed by atoms with van der Waals surface area (Å²) in [4.78, 5) is 14.6. The van der Waals surface area contributed by atoms with Gasteiger partial charge in [0, 0.05) is 12.1 Å². The van der Waals surface area contributed by atoms with Crippen molar-refractivity contribution < 1.29 is 18.7 Å². The topological polar surface area (TPSA) is 38.8 Å². The quantitative estimate of drug-likeness (QED) is 0.203. The Balaban J connectivity index is 1.85. The molecule has 1 saturated heterocycles. The van der Waals surface area contributed by atoms with E-state index in [2.05, 4.69) is 29.2 Å². The first-order valence-corrected chi connectivity index (χ1v) is 10.8. The van der Waals surface area contributed by atoms with Crippen LogP contribution in [0.2, 0.25) is 0 Å². The minimum Gasteiger partial charge on any atom is -0.493 e. The van der Waals surface area contributed by atoms with Crippen LogP contribution in [0.25, 0.3) is 6.08 Å². The number of thiocarbonyl (C=S) groups is 1. The van der Waals surface area contributed by atoms with Gasteiger partial charge in [0.25, 0.3) is 5.91 Å². The highest BCUT2D eigenvalue weighted by Gasteiger charge is 2.31. The average Bonchev–Trinajstić information content (AvgIpc) is 2.95. The number of carbonyl (C=O) groups excluding carboxylic acids is 1. The molecule has 29 heavy (non-hydrogen) atoms. The standard InChI is InChI=1S/C21H17FINO3S2/c1-3-8-24-20(25)18(29-21(24)28)11-13-9-16(23)19(17(10-13)26-2)27-12-14-6-4-5-7-15(14)22/h3-7,9-11H,1,8,12H2,2H3/b18-11-.